The highest BCUT2D eigenvalue weighted by Crippen LogP contribution is 2.25. The van der Waals surface area contributed by atoms with Gasteiger partial charge < -0.3 is 15.5 Å². The smallest absolute Gasteiger partial charge is 0.319 e. The summed E-state index contributed by atoms with van der Waals surface area (Å²) in [6.45, 7) is 0.344. The molecule has 2 aromatic carbocycles. The zero-order valence-corrected chi connectivity index (χ0v) is 13.8. The van der Waals surface area contributed by atoms with Gasteiger partial charge in [-0.15, -0.1) is 0 Å². The molecule has 2 rings (SSSR count). The Bertz CT molecular complexity index is 678. The van der Waals surface area contributed by atoms with E-state index in [0.29, 0.717) is 11.6 Å². The molecule has 1 unspecified atom stereocenters. The van der Waals surface area contributed by atoms with Crippen molar-refractivity contribution >= 4 is 23.3 Å². The molecule has 2 aromatic rings. The van der Waals surface area contributed by atoms with Crippen LogP contribution < -0.4 is 10.6 Å². The highest BCUT2D eigenvalue weighted by Gasteiger charge is 2.18. The Hall–Kier alpha value is -2.11. The number of carbonyl (C=O) groups excluding carboxylic acids is 1. The van der Waals surface area contributed by atoms with Crippen molar-refractivity contribution in [2.75, 3.05) is 26.0 Å². The predicted molar refractivity (Wildman–Crippen MR) is 91.3 cm³/mol. The number of rotatable bonds is 5. The lowest BCUT2D eigenvalue weighted by Crippen LogP contribution is -2.37. The number of nitrogens with zero attached hydrogens (tertiary/aromatic N) is 1. The summed E-state index contributed by atoms with van der Waals surface area (Å²) in [7, 11) is 3.81. The lowest BCUT2D eigenvalue weighted by molar-refractivity contribution is 0.243. The molecule has 0 aliphatic rings. The molecule has 1 atom stereocenters. The molecule has 23 heavy (non-hydrogen) atoms. The number of amides is 2. The number of halogens is 2. The van der Waals surface area contributed by atoms with Gasteiger partial charge in [-0.25, -0.2) is 9.18 Å². The number of para-hydroxylation sites is 1. The molecule has 0 fully saturated rings. The van der Waals surface area contributed by atoms with E-state index in [1.807, 2.05) is 43.3 Å². The zero-order chi connectivity index (χ0) is 16.8. The first kappa shape index (κ1) is 17.2. The summed E-state index contributed by atoms with van der Waals surface area (Å²) in [4.78, 5) is 13.9. The van der Waals surface area contributed by atoms with Gasteiger partial charge in [0.25, 0.3) is 0 Å². The van der Waals surface area contributed by atoms with Crippen molar-refractivity contribution < 1.29 is 9.18 Å². The van der Waals surface area contributed by atoms with Gasteiger partial charge in [0, 0.05) is 11.6 Å². The first-order valence-electron chi connectivity index (χ1n) is 7.19. The largest absolute Gasteiger partial charge is 0.336 e. The highest BCUT2D eigenvalue weighted by molar-refractivity contribution is 6.31. The molecule has 0 aromatic heterocycles. The summed E-state index contributed by atoms with van der Waals surface area (Å²) in [5, 5.41) is 5.88. The minimum atomic E-state index is -0.474. The quantitative estimate of drug-likeness (QED) is 0.870. The summed E-state index contributed by atoms with van der Waals surface area (Å²) in [5.74, 6) is -0.474. The van der Waals surface area contributed by atoms with Gasteiger partial charge in [0.05, 0.1) is 11.7 Å². The SMILES string of the molecule is CN(C)C(CNC(=O)Nc1ccccc1F)c1ccccc1Cl. The van der Waals surface area contributed by atoms with Crippen LogP contribution in [0.2, 0.25) is 5.02 Å². The number of urea groups is 1. The Morgan fingerprint density at radius 1 is 1.17 bits per heavy atom. The van der Waals surface area contributed by atoms with Gasteiger partial charge in [0.2, 0.25) is 0 Å². The van der Waals surface area contributed by atoms with Crippen molar-refractivity contribution in [3.63, 3.8) is 0 Å². The predicted octanol–water partition coefficient (Wildman–Crippen LogP) is 3.90. The number of benzene rings is 2. The topological polar surface area (TPSA) is 44.4 Å². The third kappa shape index (κ3) is 4.68. The molecule has 122 valence electrons. The van der Waals surface area contributed by atoms with Crippen molar-refractivity contribution in [2.45, 2.75) is 6.04 Å². The zero-order valence-electron chi connectivity index (χ0n) is 13.0. The number of anilines is 1. The maximum atomic E-state index is 13.5. The van der Waals surface area contributed by atoms with E-state index in [4.69, 9.17) is 11.6 Å². The maximum Gasteiger partial charge on any atom is 0.319 e. The summed E-state index contributed by atoms with van der Waals surface area (Å²) in [5.41, 5.74) is 1.06. The Balaban J connectivity index is 2.01. The molecule has 2 amide bonds. The number of hydrogen-bond donors (Lipinski definition) is 2. The summed E-state index contributed by atoms with van der Waals surface area (Å²) in [6.07, 6.45) is 0. The molecule has 0 radical (unpaired) electrons. The molecule has 0 aliphatic carbocycles. The fraction of sp³-hybridized carbons (Fsp3) is 0.235. The monoisotopic (exact) mass is 335 g/mol. The van der Waals surface area contributed by atoms with Crippen molar-refractivity contribution in [1.82, 2.24) is 10.2 Å². The normalized spacial score (nSPS) is 12.0. The minimum absolute atomic E-state index is 0.0879. The van der Waals surface area contributed by atoms with E-state index in [1.54, 1.807) is 12.1 Å². The van der Waals surface area contributed by atoms with Gasteiger partial charge in [-0.1, -0.05) is 41.9 Å². The third-order valence-corrected chi connectivity index (χ3v) is 3.81. The Morgan fingerprint density at radius 3 is 2.48 bits per heavy atom. The number of nitrogens with one attached hydrogen (secondary N) is 2. The molecule has 0 saturated heterocycles. The molecule has 0 bridgehead atoms. The van der Waals surface area contributed by atoms with Crippen LogP contribution in [0.5, 0.6) is 0 Å². The van der Waals surface area contributed by atoms with Crippen LogP contribution in [-0.2, 0) is 0 Å². The van der Waals surface area contributed by atoms with Gasteiger partial charge in [-0.05, 0) is 37.9 Å². The number of likely N-dealkylation sites (N-methyl/N-ethyl adjacent to an activating group) is 1. The van der Waals surface area contributed by atoms with Crippen LogP contribution in [-0.4, -0.2) is 31.6 Å². The highest BCUT2D eigenvalue weighted by atomic mass is 35.5. The molecular weight excluding hydrogens is 317 g/mol. The lowest BCUT2D eigenvalue weighted by atomic mass is 10.1. The maximum absolute atomic E-state index is 13.5. The Morgan fingerprint density at radius 2 is 1.83 bits per heavy atom. The Kier molecular flexibility index (Phi) is 5.96. The van der Waals surface area contributed by atoms with Crippen LogP contribution in [0, 0.1) is 5.82 Å². The number of hydrogen-bond acceptors (Lipinski definition) is 2. The summed E-state index contributed by atoms with van der Waals surface area (Å²) >= 11 is 6.22. The van der Waals surface area contributed by atoms with Crippen LogP contribution in [0.25, 0.3) is 0 Å². The fourth-order valence-electron chi connectivity index (χ4n) is 2.23. The Labute approximate surface area is 140 Å². The molecular formula is C17H19ClFN3O. The van der Waals surface area contributed by atoms with E-state index in [0.717, 1.165) is 5.56 Å². The average molecular weight is 336 g/mol. The van der Waals surface area contributed by atoms with Crippen molar-refractivity contribution in [3.05, 3.63) is 64.9 Å². The first-order chi connectivity index (χ1) is 11.0. The summed E-state index contributed by atoms with van der Waals surface area (Å²) < 4.78 is 13.5. The van der Waals surface area contributed by atoms with Crippen LogP contribution in [0.15, 0.2) is 48.5 Å². The molecule has 0 saturated carbocycles. The van der Waals surface area contributed by atoms with Crippen molar-refractivity contribution in [3.8, 4) is 0 Å². The van der Waals surface area contributed by atoms with Gasteiger partial charge in [0.15, 0.2) is 0 Å². The standard InChI is InChI=1S/C17H19ClFN3O/c1-22(2)16(12-7-3-4-8-13(12)18)11-20-17(23)21-15-10-6-5-9-14(15)19/h3-10,16H,11H2,1-2H3,(H2,20,21,23). The second-order valence-electron chi connectivity index (χ2n) is 5.32. The molecule has 4 nitrogen and oxygen atoms in total. The fourth-order valence-corrected chi connectivity index (χ4v) is 2.50. The van der Waals surface area contributed by atoms with Crippen LogP contribution in [0.3, 0.4) is 0 Å². The average Bonchev–Trinajstić information content (AvgIpc) is 2.51. The van der Waals surface area contributed by atoms with Crippen molar-refractivity contribution in [1.29, 1.82) is 0 Å². The summed E-state index contributed by atoms with van der Waals surface area (Å²) in [6, 6.07) is 13.0. The minimum Gasteiger partial charge on any atom is -0.336 e. The van der Waals surface area contributed by atoms with E-state index in [1.165, 1.54) is 12.1 Å². The molecule has 0 spiro atoms. The van der Waals surface area contributed by atoms with Gasteiger partial charge >= 0.3 is 6.03 Å². The van der Waals surface area contributed by atoms with E-state index in [2.05, 4.69) is 10.6 Å². The van der Waals surface area contributed by atoms with Crippen LogP contribution in [0.1, 0.15) is 11.6 Å². The first-order valence-corrected chi connectivity index (χ1v) is 7.57. The molecule has 0 aliphatic heterocycles. The lowest BCUT2D eigenvalue weighted by Gasteiger charge is -2.26. The second kappa shape index (κ2) is 7.94. The molecule has 6 heteroatoms. The van der Waals surface area contributed by atoms with Gasteiger partial charge in [-0.3, -0.25) is 0 Å². The molecule has 0 heterocycles. The van der Waals surface area contributed by atoms with Crippen molar-refractivity contribution in [2.24, 2.45) is 0 Å². The van der Waals surface area contributed by atoms with E-state index in [-0.39, 0.29) is 11.7 Å². The van der Waals surface area contributed by atoms with E-state index < -0.39 is 11.8 Å². The van der Waals surface area contributed by atoms with Crippen LogP contribution in [0.4, 0.5) is 14.9 Å². The molecule has 2 N–H and O–H groups in total. The second-order valence-corrected chi connectivity index (χ2v) is 5.72. The van der Waals surface area contributed by atoms with E-state index >= 15 is 0 Å². The number of carbonyl (C=O) groups is 1. The van der Waals surface area contributed by atoms with Gasteiger partial charge in [0.1, 0.15) is 5.82 Å². The van der Waals surface area contributed by atoms with Gasteiger partial charge in [-0.2, -0.15) is 0 Å². The third-order valence-electron chi connectivity index (χ3n) is 3.47. The van der Waals surface area contributed by atoms with E-state index in [9.17, 15) is 9.18 Å². The van der Waals surface area contributed by atoms with Crippen LogP contribution >= 0.6 is 11.6 Å².